The Hall–Kier alpha value is -4.15. The number of carbonyl (C=O) groups excluding carboxylic acids is 2. The van der Waals surface area contributed by atoms with Crippen LogP contribution in [0, 0.1) is 18.3 Å². The molecule has 0 aliphatic carbocycles. The largest absolute Gasteiger partial charge is 0.496 e. The summed E-state index contributed by atoms with van der Waals surface area (Å²) < 4.78 is 22.9. The molecule has 0 spiro atoms. The summed E-state index contributed by atoms with van der Waals surface area (Å²) in [6, 6.07) is 7.98. The quantitative estimate of drug-likeness (QED) is 0.360. The van der Waals surface area contributed by atoms with Gasteiger partial charge < -0.3 is 28.7 Å². The number of carbonyl (C=O) groups is 3. The predicted molar refractivity (Wildman–Crippen MR) is 154 cm³/mol. The van der Waals surface area contributed by atoms with Crippen molar-refractivity contribution in [2.24, 2.45) is 11.3 Å². The monoisotopic (exact) mass is 581 g/mol. The number of aromatic nitrogens is 2. The molecule has 0 bridgehead atoms. The van der Waals surface area contributed by atoms with Crippen LogP contribution in [0.3, 0.4) is 0 Å². The Morgan fingerprint density at radius 1 is 1.12 bits per heavy atom. The molecule has 42 heavy (non-hydrogen) atoms. The summed E-state index contributed by atoms with van der Waals surface area (Å²) in [5.74, 6) is -1.95. The van der Waals surface area contributed by atoms with Crippen molar-refractivity contribution < 1.29 is 38.2 Å². The zero-order valence-corrected chi connectivity index (χ0v) is 25.4. The van der Waals surface area contributed by atoms with Gasteiger partial charge in [0.15, 0.2) is 5.75 Å². The van der Waals surface area contributed by atoms with Crippen molar-refractivity contribution in [1.29, 1.82) is 0 Å². The Morgan fingerprint density at radius 2 is 1.81 bits per heavy atom. The van der Waals surface area contributed by atoms with Crippen LogP contribution in [-0.2, 0) is 19.1 Å². The van der Waals surface area contributed by atoms with Crippen LogP contribution in [0.2, 0.25) is 0 Å². The highest BCUT2D eigenvalue weighted by atomic mass is 16.6. The van der Waals surface area contributed by atoms with E-state index >= 15 is 0 Å². The van der Waals surface area contributed by atoms with E-state index in [1.807, 2.05) is 45.0 Å². The first-order chi connectivity index (χ1) is 19.6. The lowest BCUT2D eigenvalue weighted by atomic mass is 9.77. The molecule has 11 heteroatoms. The average Bonchev–Trinajstić information content (AvgIpc) is 3.49. The molecule has 1 aliphatic rings. The van der Waals surface area contributed by atoms with E-state index in [1.165, 1.54) is 4.90 Å². The van der Waals surface area contributed by atoms with E-state index in [2.05, 4.69) is 5.16 Å². The molecule has 0 radical (unpaired) electrons. The minimum absolute atomic E-state index is 0.0115. The average molecular weight is 582 g/mol. The number of benzene rings is 1. The summed E-state index contributed by atoms with van der Waals surface area (Å²) >= 11 is 0. The van der Waals surface area contributed by atoms with Crippen molar-refractivity contribution >= 4 is 28.9 Å². The number of para-hydroxylation sites is 1. The van der Waals surface area contributed by atoms with Crippen molar-refractivity contribution in [3.8, 4) is 22.8 Å². The molecule has 1 fully saturated rings. The van der Waals surface area contributed by atoms with Crippen LogP contribution in [0.4, 0.5) is 0 Å². The zero-order valence-electron chi connectivity index (χ0n) is 25.4. The molecule has 3 heterocycles. The number of amides is 1. The highest BCUT2D eigenvalue weighted by Gasteiger charge is 2.46. The van der Waals surface area contributed by atoms with Gasteiger partial charge in [-0.15, -0.1) is 0 Å². The fraction of sp³-hybridized carbons (Fsp3) is 0.516. The topological polar surface area (TPSA) is 141 Å². The van der Waals surface area contributed by atoms with Crippen molar-refractivity contribution in [3.05, 3.63) is 36.0 Å². The van der Waals surface area contributed by atoms with Crippen LogP contribution in [0.1, 0.15) is 60.1 Å². The minimum Gasteiger partial charge on any atom is -0.496 e. The van der Waals surface area contributed by atoms with Gasteiger partial charge in [-0.1, -0.05) is 38.1 Å². The van der Waals surface area contributed by atoms with Gasteiger partial charge in [-0.3, -0.25) is 9.59 Å². The zero-order chi connectivity index (χ0) is 31.0. The number of hydrogen-bond donors (Lipinski definition) is 1. The van der Waals surface area contributed by atoms with Gasteiger partial charge in [0, 0.05) is 18.1 Å². The van der Waals surface area contributed by atoms with Crippen molar-refractivity contribution in [3.63, 3.8) is 0 Å². The summed E-state index contributed by atoms with van der Waals surface area (Å²) in [5, 5.41) is 14.1. The number of nitrogens with zero attached hydrogens (tertiary/aromatic N) is 3. The Balaban J connectivity index is 1.64. The van der Waals surface area contributed by atoms with Crippen molar-refractivity contribution in [2.75, 3.05) is 13.7 Å². The maximum atomic E-state index is 13.9. The van der Waals surface area contributed by atoms with Crippen molar-refractivity contribution in [1.82, 2.24) is 15.0 Å². The standard InChI is InChI=1S/C31H39N3O8/c1-17-26-27(42-33-17)24(15-21(32-26)19-11-9-10-12-23(19)39-8)40-18-13-22(29(37)38)34(16-18)28(36)20(30(2,3)4)14-25(35)41-31(5,6)7/h9-12,15,18,20,22H,13-14,16H2,1-8H3,(H,37,38)/t18-,20-,22+/m1/s1. The molecule has 1 N–H and O–H groups in total. The summed E-state index contributed by atoms with van der Waals surface area (Å²) in [5.41, 5.74) is 1.33. The van der Waals surface area contributed by atoms with Crippen LogP contribution in [0.5, 0.6) is 11.5 Å². The number of carboxylic acid groups (broad SMARTS) is 1. The molecule has 3 atom stereocenters. The molecule has 1 amide bonds. The van der Waals surface area contributed by atoms with E-state index in [-0.39, 0.29) is 19.4 Å². The normalized spacial score (nSPS) is 18.1. The van der Waals surface area contributed by atoms with E-state index < -0.39 is 46.9 Å². The first kappa shape index (κ1) is 30.8. The van der Waals surface area contributed by atoms with Crippen LogP contribution >= 0.6 is 0 Å². The lowest BCUT2D eigenvalue weighted by Crippen LogP contribution is -2.47. The van der Waals surface area contributed by atoms with Gasteiger partial charge in [0.05, 0.1) is 31.7 Å². The number of hydrogen-bond acceptors (Lipinski definition) is 9. The highest BCUT2D eigenvalue weighted by Crippen LogP contribution is 2.38. The Kier molecular flexibility index (Phi) is 8.52. The third-order valence-electron chi connectivity index (χ3n) is 7.20. The Morgan fingerprint density at radius 3 is 2.43 bits per heavy atom. The second-order valence-electron chi connectivity index (χ2n) is 12.7. The first-order valence-electron chi connectivity index (χ1n) is 13.9. The number of aryl methyl sites for hydroxylation is 1. The molecule has 0 saturated carbocycles. The molecule has 4 rings (SSSR count). The SMILES string of the molecule is COc1ccccc1-c1cc(O[C@@H]2C[C@@H](C(=O)O)N(C(=O)[C@@H](CC(=O)OC(C)(C)C)C(C)(C)C)C2)c2onc(C)c2n1. The highest BCUT2D eigenvalue weighted by molar-refractivity contribution is 5.89. The smallest absolute Gasteiger partial charge is 0.326 e. The van der Waals surface area contributed by atoms with Crippen LogP contribution in [-0.4, -0.2) is 69.4 Å². The van der Waals surface area contributed by atoms with E-state index in [0.717, 1.165) is 5.56 Å². The number of esters is 1. The number of pyridine rings is 1. The third-order valence-corrected chi connectivity index (χ3v) is 7.20. The Bertz CT molecular complexity index is 1480. The van der Waals surface area contributed by atoms with E-state index in [0.29, 0.717) is 34.0 Å². The number of aliphatic carboxylic acids is 1. The number of likely N-dealkylation sites (tertiary alicyclic amines) is 1. The molecule has 2 aromatic heterocycles. The number of methoxy groups -OCH3 is 1. The van der Waals surface area contributed by atoms with Crippen LogP contribution in [0.15, 0.2) is 34.9 Å². The van der Waals surface area contributed by atoms with Gasteiger partial charge in [0.1, 0.15) is 34.7 Å². The molecule has 1 aliphatic heterocycles. The van der Waals surface area contributed by atoms with Gasteiger partial charge >= 0.3 is 11.9 Å². The second-order valence-corrected chi connectivity index (χ2v) is 12.7. The summed E-state index contributed by atoms with van der Waals surface area (Å²) in [4.78, 5) is 44.9. The van der Waals surface area contributed by atoms with Crippen molar-refractivity contribution in [2.45, 2.75) is 79.1 Å². The van der Waals surface area contributed by atoms with Gasteiger partial charge in [-0.2, -0.15) is 0 Å². The predicted octanol–water partition coefficient (Wildman–Crippen LogP) is 5.03. The van der Waals surface area contributed by atoms with Gasteiger partial charge in [0.25, 0.3) is 0 Å². The fourth-order valence-electron chi connectivity index (χ4n) is 5.14. The summed E-state index contributed by atoms with van der Waals surface area (Å²) in [6.45, 7) is 12.6. The first-order valence-corrected chi connectivity index (χ1v) is 13.9. The molecule has 0 unspecified atom stereocenters. The van der Waals surface area contributed by atoms with Crippen LogP contribution < -0.4 is 9.47 Å². The number of rotatable bonds is 8. The molecular weight excluding hydrogens is 542 g/mol. The summed E-state index contributed by atoms with van der Waals surface area (Å²) in [7, 11) is 1.57. The molecule has 1 aromatic carbocycles. The van der Waals surface area contributed by atoms with E-state index in [4.69, 9.17) is 23.7 Å². The molecule has 1 saturated heterocycles. The van der Waals surface area contributed by atoms with Crippen LogP contribution in [0.25, 0.3) is 22.4 Å². The van der Waals surface area contributed by atoms with Gasteiger partial charge in [-0.05, 0) is 45.2 Å². The Labute approximate surface area is 245 Å². The minimum atomic E-state index is -1.15. The molecular formula is C31H39N3O8. The van der Waals surface area contributed by atoms with E-state index in [9.17, 15) is 19.5 Å². The third kappa shape index (κ3) is 6.66. The number of fused-ring (bicyclic) bond motifs is 1. The maximum Gasteiger partial charge on any atom is 0.326 e. The fourth-order valence-corrected chi connectivity index (χ4v) is 5.14. The molecule has 3 aromatic rings. The second kappa shape index (κ2) is 11.6. The lowest BCUT2D eigenvalue weighted by molar-refractivity contribution is -0.161. The lowest BCUT2D eigenvalue weighted by Gasteiger charge is -2.34. The maximum absolute atomic E-state index is 13.9. The number of carboxylic acids is 1. The number of ether oxygens (including phenoxy) is 3. The van der Waals surface area contributed by atoms with E-state index in [1.54, 1.807) is 40.9 Å². The van der Waals surface area contributed by atoms with Gasteiger partial charge in [-0.25, -0.2) is 9.78 Å². The summed E-state index contributed by atoms with van der Waals surface area (Å²) in [6.07, 6.45) is -0.789. The van der Waals surface area contributed by atoms with Gasteiger partial charge in [0.2, 0.25) is 11.5 Å². The molecule has 11 nitrogen and oxygen atoms in total. The molecule has 226 valence electrons.